The predicted octanol–water partition coefficient (Wildman–Crippen LogP) is 4.23. The molecule has 1 N–H and O–H groups in total. The third-order valence-corrected chi connectivity index (χ3v) is 6.65. The van der Waals surface area contributed by atoms with Crippen LogP contribution in [0.3, 0.4) is 0 Å². The van der Waals surface area contributed by atoms with Gasteiger partial charge in [0, 0.05) is 23.1 Å². The number of rotatable bonds is 11. The Morgan fingerprint density at radius 1 is 1.09 bits per heavy atom. The summed E-state index contributed by atoms with van der Waals surface area (Å²) in [5.74, 6) is -1.43. The Labute approximate surface area is 209 Å². The number of sulfonamides is 1. The molecule has 0 aliphatic rings. The summed E-state index contributed by atoms with van der Waals surface area (Å²) in [5, 5.41) is 3.19. The van der Waals surface area contributed by atoms with E-state index in [-0.39, 0.29) is 28.2 Å². The molecule has 2 aromatic rings. The van der Waals surface area contributed by atoms with Gasteiger partial charge in [0.25, 0.3) is 0 Å². The minimum absolute atomic E-state index is 0.0185. The summed E-state index contributed by atoms with van der Waals surface area (Å²) in [7, 11) is -3.90. The van der Waals surface area contributed by atoms with Crippen molar-refractivity contribution in [1.29, 1.82) is 0 Å². The monoisotopic (exact) mass is 531 g/mol. The highest BCUT2D eigenvalue weighted by atomic mass is 35.5. The number of carbonyl (C=O) groups is 2. The van der Waals surface area contributed by atoms with Crippen molar-refractivity contribution in [2.24, 2.45) is 0 Å². The van der Waals surface area contributed by atoms with Crippen LogP contribution < -0.4 is 9.62 Å². The van der Waals surface area contributed by atoms with Gasteiger partial charge in [-0.25, -0.2) is 12.8 Å². The molecule has 0 radical (unpaired) electrons. The summed E-state index contributed by atoms with van der Waals surface area (Å²) in [6, 6.07) is 8.81. The first-order valence-corrected chi connectivity index (χ1v) is 13.3. The van der Waals surface area contributed by atoms with Gasteiger partial charge in [-0.2, -0.15) is 0 Å². The van der Waals surface area contributed by atoms with Crippen LogP contribution in [0.4, 0.5) is 10.1 Å². The molecule has 1 atom stereocenters. The highest BCUT2D eigenvalue weighted by Crippen LogP contribution is 2.27. The maximum atomic E-state index is 13.4. The Hall–Kier alpha value is -2.36. The van der Waals surface area contributed by atoms with E-state index in [1.807, 2.05) is 6.92 Å². The average molecular weight is 532 g/mol. The molecule has 2 amide bonds. The first-order chi connectivity index (χ1) is 15.9. The Bertz CT molecular complexity index is 1090. The fourth-order valence-electron chi connectivity index (χ4n) is 3.20. The standard InChI is InChI=1S/C23H28Cl2FN3O4S/c1-4-5-10-27-23(31)16(2)28(14-17-6-8-20(26)9-7-17)22(30)15-29(34(3,32)33)21-12-18(24)11-19(25)13-21/h6-9,11-13,16H,4-5,10,14-15H2,1-3H3,(H,27,31)/t16-/m0/s1. The molecule has 0 saturated heterocycles. The normalized spacial score (nSPS) is 12.2. The number of hydrogen-bond donors (Lipinski definition) is 1. The number of carbonyl (C=O) groups excluding carboxylic acids is 2. The van der Waals surface area contributed by atoms with Gasteiger partial charge < -0.3 is 10.2 Å². The molecule has 7 nitrogen and oxygen atoms in total. The largest absolute Gasteiger partial charge is 0.354 e. The average Bonchev–Trinajstić information content (AvgIpc) is 2.75. The van der Waals surface area contributed by atoms with Gasteiger partial charge in [0.05, 0.1) is 11.9 Å². The molecule has 11 heteroatoms. The second-order valence-corrected chi connectivity index (χ2v) is 10.6. The summed E-state index contributed by atoms with van der Waals surface area (Å²) in [5.41, 5.74) is 0.704. The van der Waals surface area contributed by atoms with Crippen molar-refractivity contribution in [3.05, 3.63) is 63.9 Å². The molecule has 0 fully saturated rings. The van der Waals surface area contributed by atoms with Crippen LogP contribution in [0.15, 0.2) is 42.5 Å². The van der Waals surface area contributed by atoms with Gasteiger partial charge in [0.2, 0.25) is 21.8 Å². The first kappa shape index (κ1) is 27.9. The van der Waals surface area contributed by atoms with Crippen molar-refractivity contribution < 1.29 is 22.4 Å². The fraction of sp³-hybridized carbons (Fsp3) is 0.391. The van der Waals surface area contributed by atoms with Gasteiger partial charge in [0.1, 0.15) is 18.4 Å². The van der Waals surface area contributed by atoms with E-state index in [0.29, 0.717) is 12.1 Å². The lowest BCUT2D eigenvalue weighted by Crippen LogP contribution is -2.51. The SMILES string of the molecule is CCCCNC(=O)[C@H](C)N(Cc1ccc(F)cc1)C(=O)CN(c1cc(Cl)cc(Cl)c1)S(C)(=O)=O. The van der Waals surface area contributed by atoms with Crippen LogP contribution in [0, 0.1) is 5.82 Å². The number of benzene rings is 2. The van der Waals surface area contributed by atoms with Gasteiger partial charge >= 0.3 is 0 Å². The quantitative estimate of drug-likeness (QED) is 0.439. The van der Waals surface area contributed by atoms with E-state index in [1.165, 1.54) is 47.4 Å². The number of anilines is 1. The van der Waals surface area contributed by atoms with Crippen LogP contribution in [0.2, 0.25) is 10.0 Å². The zero-order chi connectivity index (χ0) is 25.5. The predicted molar refractivity (Wildman–Crippen MR) is 133 cm³/mol. The smallest absolute Gasteiger partial charge is 0.244 e. The number of hydrogen-bond acceptors (Lipinski definition) is 4. The van der Waals surface area contributed by atoms with Gasteiger partial charge in [-0.15, -0.1) is 0 Å². The van der Waals surface area contributed by atoms with E-state index in [1.54, 1.807) is 6.92 Å². The molecule has 0 aliphatic carbocycles. The maximum absolute atomic E-state index is 13.4. The molecular formula is C23H28Cl2FN3O4S. The van der Waals surface area contributed by atoms with Crippen molar-refractivity contribution in [2.45, 2.75) is 39.3 Å². The summed E-state index contributed by atoms with van der Waals surface area (Å²) in [6.07, 6.45) is 2.63. The highest BCUT2D eigenvalue weighted by molar-refractivity contribution is 7.92. The molecule has 0 spiro atoms. The van der Waals surface area contributed by atoms with Crippen molar-refractivity contribution in [3.8, 4) is 0 Å². The van der Waals surface area contributed by atoms with Crippen LogP contribution in [0.25, 0.3) is 0 Å². The lowest BCUT2D eigenvalue weighted by Gasteiger charge is -2.31. The van der Waals surface area contributed by atoms with Gasteiger partial charge in [-0.1, -0.05) is 48.7 Å². The van der Waals surface area contributed by atoms with E-state index >= 15 is 0 Å². The van der Waals surface area contributed by atoms with Gasteiger partial charge in [-0.05, 0) is 49.2 Å². The Morgan fingerprint density at radius 2 is 1.68 bits per heavy atom. The number of unbranched alkanes of at least 4 members (excludes halogenated alkanes) is 1. The van der Waals surface area contributed by atoms with Gasteiger partial charge in [-0.3, -0.25) is 13.9 Å². The van der Waals surface area contributed by atoms with Crippen molar-refractivity contribution in [1.82, 2.24) is 10.2 Å². The Balaban J connectivity index is 2.37. The molecule has 2 rings (SSSR count). The number of nitrogens with one attached hydrogen (secondary N) is 1. The molecule has 0 bridgehead atoms. The summed E-state index contributed by atoms with van der Waals surface area (Å²) < 4.78 is 39.3. The highest BCUT2D eigenvalue weighted by Gasteiger charge is 2.30. The van der Waals surface area contributed by atoms with E-state index in [2.05, 4.69) is 5.32 Å². The Morgan fingerprint density at radius 3 is 2.21 bits per heavy atom. The molecule has 34 heavy (non-hydrogen) atoms. The van der Waals surface area contributed by atoms with Crippen molar-refractivity contribution in [3.63, 3.8) is 0 Å². The van der Waals surface area contributed by atoms with E-state index in [4.69, 9.17) is 23.2 Å². The van der Waals surface area contributed by atoms with Crippen LogP contribution in [-0.2, 0) is 26.2 Å². The lowest BCUT2D eigenvalue weighted by molar-refractivity contribution is -0.139. The molecule has 0 saturated carbocycles. The minimum Gasteiger partial charge on any atom is -0.354 e. The minimum atomic E-state index is -3.90. The van der Waals surface area contributed by atoms with E-state index in [0.717, 1.165) is 23.4 Å². The van der Waals surface area contributed by atoms with E-state index < -0.39 is 34.3 Å². The molecule has 0 aromatic heterocycles. The molecule has 2 aromatic carbocycles. The molecular weight excluding hydrogens is 504 g/mol. The van der Waals surface area contributed by atoms with Gasteiger partial charge in [0.15, 0.2) is 0 Å². The molecule has 0 unspecified atom stereocenters. The Kier molecular flexibility index (Phi) is 10.1. The topological polar surface area (TPSA) is 86.8 Å². The first-order valence-electron chi connectivity index (χ1n) is 10.7. The summed E-state index contributed by atoms with van der Waals surface area (Å²) in [6.45, 7) is 3.40. The fourth-order valence-corrected chi connectivity index (χ4v) is 4.55. The summed E-state index contributed by atoms with van der Waals surface area (Å²) >= 11 is 12.1. The zero-order valence-electron chi connectivity index (χ0n) is 19.2. The second-order valence-electron chi connectivity index (χ2n) is 7.87. The van der Waals surface area contributed by atoms with Crippen molar-refractivity contribution >= 4 is 50.7 Å². The second kappa shape index (κ2) is 12.4. The third-order valence-electron chi connectivity index (χ3n) is 5.08. The van der Waals surface area contributed by atoms with Crippen LogP contribution >= 0.6 is 23.2 Å². The zero-order valence-corrected chi connectivity index (χ0v) is 21.6. The maximum Gasteiger partial charge on any atom is 0.244 e. The van der Waals surface area contributed by atoms with E-state index in [9.17, 15) is 22.4 Å². The van der Waals surface area contributed by atoms with Crippen LogP contribution in [0.1, 0.15) is 32.3 Å². The van der Waals surface area contributed by atoms with Crippen molar-refractivity contribution in [2.75, 3.05) is 23.7 Å². The third kappa shape index (κ3) is 8.14. The molecule has 186 valence electrons. The lowest BCUT2D eigenvalue weighted by atomic mass is 10.1. The van der Waals surface area contributed by atoms with Crippen LogP contribution in [0.5, 0.6) is 0 Å². The number of halogens is 3. The van der Waals surface area contributed by atoms with Crippen LogP contribution in [-0.4, -0.2) is 50.5 Å². The molecule has 0 heterocycles. The number of amides is 2. The number of nitrogens with zero attached hydrogens (tertiary/aromatic N) is 2. The summed E-state index contributed by atoms with van der Waals surface area (Å²) in [4.78, 5) is 27.4. The molecule has 0 aliphatic heterocycles.